The lowest BCUT2D eigenvalue weighted by Gasteiger charge is -2.35. The number of carbonyl (C=O) groups excluding carboxylic acids is 3. The summed E-state index contributed by atoms with van der Waals surface area (Å²) in [5.74, 6) is 0.279. The summed E-state index contributed by atoms with van der Waals surface area (Å²) in [4.78, 5) is 51.1. The molecule has 0 saturated carbocycles. The fourth-order valence-electron chi connectivity index (χ4n) is 10.0. The molecule has 5 heterocycles. The Morgan fingerprint density at radius 1 is 0.891 bits per heavy atom. The average molecular weight is 871 g/mol. The van der Waals surface area contributed by atoms with Crippen LogP contribution in [0.3, 0.4) is 0 Å². The number of amides is 2. The van der Waals surface area contributed by atoms with E-state index in [0.29, 0.717) is 12.1 Å². The quantitative estimate of drug-likeness (QED) is 0.0664. The molecule has 8 rings (SSSR count). The van der Waals surface area contributed by atoms with Crippen LogP contribution in [0.15, 0.2) is 72.8 Å². The molecule has 2 fully saturated rings. The summed E-state index contributed by atoms with van der Waals surface area (Å²) in [7, 11) is 1.55. The molecule has 2 amide bonds. The van der Waals surface area contributed by atoms with E-state index in [-0.39, 0.29) is 43.7 Å². The zero-order valence-corrected chi connectivity index (χ0v) is 37.5. The second-order valence-corrected chi connectivity index (χ2v) is 17.8. The maximum atomic E-state index is 14.9. The summed E-state index contributed by atoms with van der Waals surface area (Å²) in [6.45, 7) is 9.65. The van der Waals surface area contributed by atoms with Crippen molar-refractivity contribution in [3.63, 3.8) is 0 Å². The average Bonchev–Trinajstić information content (AvgIpc) is 3.84. The molecule has 0 bridgehead atoms. The van der Waals surface area contributed by atoms with E-state index in [1.165, 1.54) is 35.8 Å². The number of carbonyl (C=O) groups is 3. The number of benzene rings is 3. The summed E-state index contributed by atoms with van der Waals surface area (Å²) >= 11 is 0. The zero-order chi connectivity index (χ0) is 44.6. The first-order valence-electron chi connectivity index (χ1n) is 23.4. The number of halogens is 1. The molecule has 3 aliphatic rings. The van der Waals surface area contributed by atoms with E-state index in [4.69, 9.17) is 10.1 Å². The molecule has 0 radical (unpaired) electrons. The predicted molar refractivity (Wildman–Crippen MR) is 249 cm³/mol. The number of β-amino-alcohol motifs (C(OH)–C–C–N with tert-alkyl or cyclic N) is 1. The molecule has 13 heteroatoms. The van der Waals surface area contributed by atoms with Gasteiger partial charge in [0, 0.05) is 75.5 Å². The van der Waals surface area contributed by atoms with Crippen molar-refractivity contribution in [2.45, 2.75) is 89.6 Å². The topological polar surface area (TPSA) is 127 Å². The molecule has 0 spiro atoms. The van der Waals surface area contributed by atoms with Crippen LogP contribution in [0.4, 0.5) is 10.2 Å². The second-order valence-electron chi connectivity index (χ2n) is 17.8. The van der Waals surface area contributed by atoms with Crippen molar-refractivity contribution in [2.75, 3.05) is 70.9 Å². The Bertz CT molecular complexity index is 2390. The van der Waals surface area contributed by atoms with Crippen LogP contribution in [0.1, 0.15) is 96.4 Å². The highest BCUT2D eigenvalue weighted by Crippen LogP contribution is 2.38. The number of aliphatic hydroxyl groups excluding tert-OH is 1. The van der Waals surface area contributed by atoms with Crippen LogP contribution in [-0.4, -0.2) is 125 Å². The van der Waals surface area contributed by atoms with Gasteiger partial charge in [0.15, 0.2) is 5.65 Å². The molecule has 0 aliphatic carbocycles. The summed E-state index contributed by atoms with van der Waals surface area (Å²) in [6, 6.07) is 23.7. The number of piperazine rings is 1. The second kappa shape index (κ2) is 21.0. The van der Waals surface area contributed by atoms with Gasteiger partial charge in [0.25, 0.3) is 5.91 Å². The largest absolute Gasteiger partial charge is 0.395 e. The van der Waals surface area contributed by atoms with Gasteiger partial charge in [0.1, 0.15) is 17.9 Å². The van der Waals surface area contributed by atoms with Gasteiger partial charge in [-0.3, -0.25) is 14.5 Å². The normalized spacial score (nSPS) is 16.7. The van der Waals surface area contributed by atoms with Crippen molar-refractivity contribution in [1.29, 1.82) is 0 Å². The van der Waals surface area contributed by atoms with Gasteiger partial charge in [-0.2, -0.15) is 9.61 Å². The lowest BCUT2D eigenvalue weighted by atomic mass is 9.85. The number of likely N-dealkylation sites (tertiary alicyclic amines) is 1. The lowest BCUT2D eigenvalue weighted by Crippen LogP contribution is -2.47. The van der Waals surface area contributed by atoms with Crippen molar-refractivity contribution in [3.05, 3.63) is 107 Å². The first-order valence-corrected chi connectivity index (χ1v) is 23.4. The maximum absolute atomic E-state index is 14.9. The molecule has 338 valence electrons. The highest BCUT2D eigenvalue weighted by molar-refractivity contribution is 6.00. The number of unbranched alkanes of at least 4 members (excludes halogenated alkanes) is 4. The lowest BCUT2D eigenvalue weighted by molar-refractivity contribution is -0.121. The van der Waals surface area contributed by atoms with Crippen LogP contribution in [0.2, 0.25) is 0 Å². The third kappa shape index (κ3) is 10.2. The smallest absolute Gasteiger partial charge is 0.255 e. The number of hydrogen-bond acceptors (Lipinski definition) is 9. The van der Waals surface area contributed by atoms with Gasteiger partial charge in [0.2, 0.25) is 5.91 Å². The molecular weight excluding hydrogens is 808 g/mol. The van der Waals surface area contributed by atoms with E-state index in [9.17, 15) is 23.9 Å². The summed E-state index contributed by atoms with van der Waals surface area (Å²) in [6.07, 6.45) is 9.86. The van der Waals surface area contributed by atoms with Gasteiger partial charge < -0.3 is 29.9 Å². The minimum atomic E-state index is -0.722. The summed E-state index contributed by atoms with van der Waals surface area (Å²) in [5.41, 5.74) is 9.43. The number of nitrogens with one attached hydrogen (secondary N) is 1. The van der Waals surface area contributed by atoms with E-state index >= 15 is 0 Å². The number of piperidine rings is 1. The predicted octanol–water partition coefficient (Wildman–Crippen LogP) is 7.05. The first-order chi connectivity index (χ1) is 31.2. The monoisotopic (exact) mass is 870 g/mol. The Labute approximate surface area is 376 Å². The molecule has 12 nitrogen and oxygen atoms in total. The fourth-order valence-corrected chi connectivity index (χ4v) is 10.0. The minimum absolute atomic E-state index is 0.144. The van der Waals surface area contributed by atoms with Crippen LogP contribution in [0, 0.1) is 12.7 Å². The molecule has 2 aromatic heterocycles. The van der Waals surface area contributed by atoms with Crippen molar-refractivity contribution in [1.82, 2.24) is 34.6 Å². The number of rotatable bonds is 19. The Morgan fingerprint density at radius 3 is 2.33 bits per heavy atom. The van der Waals surface area contributed by atoms with Gasteiger partial charge in [-0.25, -0.2) is 9.37 Å². The van der Waals surface area contributed by atoms with E-state index in [1.807, 2.05) is 10.6 Å². The summed E-state index contributed by atoms with van der Waals surface area (Å²) in [5, 5.41) is 17.1. The number of hydrogen-bond donors (Lipinski definition) is 2. The number of aliphatic hydroxyl groups is 1. The molecule has 64 heavy (non-hydrogen) atoms. The molecule has 1 atom stereocenters. The van der Waals surface area contributed by atoms with Crippen molar-refractivity contribution in [2.24, 2.45) is 0 Å². The van der Waals surface area contributed by atoms with Gasteiger partial charge in [0.05, 0.1) is 24.0 Å². The molecule has 3 aliphatic heterocycles. The number of nitrogens with zero attached hydrogens (tertiary/aromatic N) is 7. The van der Waals surface area contributed by atoms with Crippen LogP contribution in [-0.2, 0) is 22.6 Å². The van der Waals surface area contributed by atoms with Gasteiger partial charge in [-0.05, 0) is 105 Å². The van der Waals surface area contributed by atoms with E-state index < -0.39 is 11.9 Å². The van der Waals surface area contributed by atoms with Crippen molar-refractivity contribution >= 4 is 29.6 Å². The fraction of sp³-hybridized carbons (Fsp3) is 0.471. The Balaban J connectivity index is 0.805. The molecule has 3 aromatic carbocycles. The van der Waals surface area contributed by atoms with Crippen molar-refractivity contribution < 1.29 is 23.9 Å². The van der Waals surface area contributed by atoms with E-state index in [2.05, 4.69) is 81.5 Å². The Hall–Kier alpha value is -5.50. The number of aldehydes is 1. The number of fused-ring (bicyclic) bond motifs is 2. The minimum Gasteiger partial charge on any atom is -0.395 e. The van der Waals surface area contributed by atoms with E-state index in [1.54, 1.807) is 13.1 Å². The first kappa shape index (κ1) is 45.1. The number of aromatic nitrogens is 3. The van der Waals surface area contributed by atoms with Crippen LogP contribution in [0.25, 0.3) is 28.0 Å². The molecule has 1 unspecified atom stereocenters. The van der Waals surface area contributed by atoms with E-state index in [0.717, 1.165) is 135 Å². The standard InChI is InChI=1S/C51H63FN8O4/c1-36-49(40-12-8-6-9-13-40)50-54-46(33-48(60(50)55-36)58-27-25-57(26-28-58)29-30-61)39-16-14-37(15-17-39)11-7-4-3-5-10-22-56-23-20-38(21-24-56)43-31-41(52)32-44-45(43)34-59(51(44)64)42(35-62)18-19-47(63)53-2/h6,8-9,12-17,31-33,35,38,42,61H,3-5,7,10-11,18-30,34H2,1-2H3,(H,53,63). The third-order valence-electron chi connectivity index (χ3n) is 13.7. The molecule has 2 saturated heterocycles. The summed E-state index contributed by atoms with van der Waals surface area (Å²) < 4.78 is 16.9. The van der Waals surface area contributed by atoms with Crippen LogP contribution < -0.4 is 10.2 Å². The van der Waals surface area contributed by atoms with Gasteiger partial charge in [-0.1, -0.05) is 73.9 Å². The molecular formula is C51H63FN8O4. The van der Waals surface area contributed by atoms with Gasteiger partial charge in [-0.15, -0.1) is 0 Å². The number of aryl methyl sites for hydroxylation is 2. The Morgan fingerprint density at radius 2 is 1.61 bits per heavy atom. The Kier molecular flexibility index (Phi) is 14.8. The third-order valence-corrected chi connectivity index (χ3v) is 13.7. The number of anilines is 1. The highest BCUT2D eigenvalue weighted by Gasteiger charge is 2.37. The molecule has 2 N–H and O–H groups in total. The maximum Gasteiger partial charge on any atom is 0.255 e. The highest BCUT2D eigenvalue weighted by atomic mass is 19.1. The zero-order valence-electron chi connectivity index (χ0n) is 37.5. The van der Waals surface area contributed by atoms with Crippen molar-refractivity contribution in [3.8, 4) is 22.4 Å². The van der Waals surface area contributed by atoms with Crippen LogP contribution >= 0.6 is 0 Å². The van der Waals surface area contributed by atoms with Crippen LogP contribution in [0.5, 0.6) is 0 Å². The SMILES string of the molecule is CNC(=O)CCC(C=O)N1Cc2c(cc(F)cc2C2CCN(CCCCCCCc3ccc(-c4cc(N5CCN(CCO)CC5)n5nc(C)c(-c6ccccc6)c5n4)cc3)CC2)C1=O. The van der Waals surface area contributed by atoms with Gasteiger partial charge >= 0.3 is 0 Å². The molecule has 5 aromatic rings.